The second-order valence-electron chi connectivity index (χ2n) is 16.7. The van der Waals surface area contributed by atoms with Crippen molar-refractivity contribution >= 4 is 73.0 Å². The Morgan fingerprint density at radius 3 is 2.37 bits per heavy atom. The number of phosphoric acid groups is 1. The number of aliphatic carboxylic acids is 1. The normalized spacial score (nSPS) is 17.4. The summed E-state index contributed by atoms with van der Waals surface area (Å²) in [7, 11) is -1.43. The summed E-state index contributed by atoms with van der Waals surface area (Å²) in [6.07, 6.45) is 3.00. The van der Waals surface area contributed by atoms with Gasteiger partial charge in [0.1, 0.15) is 16.7 Å². The van der Waals surface area contributed by atoms with Crippen LogP contribution in [0.4, 0.5) is 5.69 Å². The third kappa shape index (κ3) is 16.8. The van der Waals surface area contributed by atoms with E-state index >= 15 is 0 Å². The molecule has 1 saturated heterocycles. The van der Waals surface area contributed by atoms with E-state index in [0.717, 1.165) is 30.7 Å². The Morgan fingerprint density at radius 2 is 1.78 bits per heavy atom. The highest BCUT2D eigenvalue weighted by Gasteiger charge is 2.37. The number of thiazole rings is 1. The molecule has 2 heterocycles. The first-order chi connectivity index (χ1) is 29.5. The van der Waals surface area contributed by atoms with Crippen LogP contribution in [0.3, 0.4) is 0 Å². The van der Waals surface area contributed by atoms with Crippen LogP contribution in [-0.2, 0) is 39.7 Å². The first kappa shape index (κ1) is 53.3. The number of thiol groups is 1. The van der Waals surface area contributed by atoms with Crippen molar-refractivity contribution in [2.75, 3.05) is 31.7 Å². The zero-order valence-corrected chi connectivity index (χ0v) is 40.0. The lowest BCUT2D eigenvalue weighted by Crippen LogP contribution is -2.58. The Morgan fingerprint density at radius 1 is 1.08 bits per heavy atom. The number of carbonyl (C=O) groups excluding carboxylic acids is 5. The Balaban J connectivity index is 1.88. The van der Waals surface area contributed by atoms with Crippen molar-refractivity contribution in [3.63, 3.8) is 0 Å². The van der Waals surface area contributed by atoms with Gasteiger partial charge in [0.25, 0.3) is 5.91 Å². The van der Waals surface area contributed by atoms with Crippen LogP contribution in [0.5, 0.6) is 5.75 Å². The molecular weight excluding hydrogens is 876 g/mol. The number of likely N-dealkylation sites (N-methyl/N-ethyl adjacent to an activating group) is 2. The number of amides is 4. The fourth-order valence-electron chi connectivity index (χ4n) is 7.48. The summed E-state index contributed by atoms with van der Waals surface area (Å²) in [6.45, 7) is 11.3. The van der Waals surface area contributed by atoms with Crippen LogP contribution in [0.25, 0.3) is 0 Å². The van der Waals surface area contributed by atoms with E-state index < -0.39 is 61.7 Å². The van der Waals surface area contributed by atoms with Crippen molar-refractivity contribution in [3.8, 4) is 5.75 Å². The molecule has 352 valence electrons. The van der Waals surface area contributed by atoms with Crippen molar-refractivity contribution in [1.29, 1.82) is 0 Å². The lowest BCUT2D eigenvalue weighted by Gasteiger charge is -2.38. The van der Waals surface area contributed by atoms with Crippen LogP contribution >= 0.6 is 31.8 Å². The van der Waals surface area contributed by atoms with Gasteiger partial charge in [0.15, 0.2) is 11.9 Å². The molecule has 7 atom stereocenters. The monoisotopic (exact) mass is 940 g/mol. The summed E-state index contributed by atoms with van der Waals surface area (Å²) in [5, 5.41) is 20.0. The molecule has 0 bridgehead atoms. The number of esters is 1. The molecule has 0 spiro atoms. The Bertz CT molecular complexity index is 1950. The lowest BCUT2D eigenvalue weighted by molar-refractivity contribution is -0.149. The van der Waals surface area contributed by atoms with Gasteiger partial charge in [-0.05, 0) is 81.0 Å². The smallest absolute Gasteiger partial charge is 0.481 e. The molecular formula is C42H65N6O12PS2. The van der Waals surface area contributed by atoms with Crippen molar-refractivity contribution in [2.24, 2.45) is 17.8 Å². The number of carboxylic acid groups (broad SMARTS) is 1. The summed E-state index contributed by atoms with van der Waals surface area (Å²) < 4.78 is 22.3. The van der Waals surface area contributed by atoms with E-state index in [1.54, 1.807) is 11.9 Å². The topological polar surface area (TPSA) is 254 Å². The first-order valence-electron chi connectivity index (χ1n) is 21.3. The van der Waals surface area contributed by atoms with E-state index in [9.17, 15) is 48.2 Å². The van der Waals surface area contributed by atoms with Gasteiger partial charge >= 0.3 is 19.8 Å². The van der Waals surface area contributed by atoms with Crippen LogP contribution in [0.15, 0.2) is 23.6 Å². The van der Waals surface area contributed by atoms with Crippen molar-refractivity contribution in [1.82, 2.24) is 25.4 Å². The maximum atomic E-state index is 14.3. The predicted octanol–water partition coefficient (Wildman–Crippen LogP) is 5.21. The average molecular weight is 941 g/mol. The molecule has 1 aromatic heterocycles. The summed E-state index contributed by atoms with van der Waals surface area (Å²) in [6, 6.07) is 1.77. The van der Waals surface area contributed by atoms with Gasteiger partial charge < -0.3 is 35.2 Å². The minimum absolute atomic E-state index is 0.0234. The highest BCUT2D eigenvalue weighted by atomic mass is 32.1. The number of likely N-dealkylation sites (tertiary alicyclic amines) is 1. The highest BCUT2D eigenvalue weighted by molar-refractivity contribution is 7.80. The maximum Gasteiger partial charge on any atom is 0.524 e. The number of nitrogens with one attached hydrogen (secondary N) is 3. The van der Waals surface area contributed by atoms with Crippen molar-refractivity contribution in [3.05, 3.63) is 39.8 Å². The van der Waals surface area contributed by atoms with Crippen LogP contribution in [0, 0.1) is 17.8 Å². The molecule has 1 aliphatic heterocycles. The minimum atomic E-state index is -5.01. The summed E-state index contributed by atoms with van der Waals surface area (Å²) in [5.74, 6) is -4.32. The molecule has 2 unspecified atom stereocenters. The van der Waals surface area contributed by atoms with Gasteiger partial charge in [-0.3, -0.25) is 43.5 Å². The number of ether oxygens (including phenoxy) is 1. The summed E-state index contributed by atoms with van der Waals surface area (Å²) in [4.78, 5) is 106. The quantitative estimate of drug-likeness (QED) is 0.0406. The van der Waals surface area contributed by atoms with Crippen molar-refractivity contribution in [2.45, 2.75) is 130 Å². The molecule has 2 aromatic rings. The van der Waals surface area contributed by atoms with Crippen molar-refractivity contribution < 1.29 is 57.5 Å². The number of hydrogen-bond acceptors (Lipinski definition) is 13. The molecule has 0 aliphatic carbocycles. The number of nitrogens with zero attached hydrogens (tertiary/aromatic N) is 3. The zero-order valence-electron chi connectivity index (χ0n) is 37.4. The molecule has 1 fully saturated rings. The zero-order chi connectivity index (χ0) is 47.2. The highest BCUT2D eigenvalue weighted by Crippen LogP contribution is 2.41. The van der Waals surface area contributed by atoms with E-state index in [1.807, 2.05) is 39.6 Å². The van der Waals surface area contributed by atoms with Crippen LogP contribution in [-0.4, -0.2) is 116 Å². The third-order valence-electron chi connectivity index (χ3n) is 11.2. The molecule has 1 aromatic carbocycles. The van der Waals surface area contributed by atoms with Crippen LogP contribution < -0.4 is 20.5 Å². The van der Waals surface area contributed by atoms with Gasteiger partial charge in [0.2, 0.25) is 17.7 Å². The molecule has 0 saturated carbocycles. The van der Waals surface area contributed by atoms with Gasteiger partial charge in [0, 0.05) is 44.3 Å². The summed E-state index contributed by atoms with van der Waals surface area (Å²) in [5.41, 5.74) is 0.418. The first-order valence-corrected chi connectivity index (χ1v) is 24.3. The molecule has 6 N–H and O–H groups in total. The number of aromatic nitrogens is 1. The van der Waals surface area contributed by atoms with Crippen LogP contribution in [0.2, 0.25) is 0 Å². The van der Waals surface area contributed by atoms with Gasteiger partial charge in [0.05, 0.1) is 17.6 Å². The predicted molar refractivity (Wildman–Crippen MR) is 241 cm³/mol. The molecule has 0 radical (unpaired) electrons. The number of benzene rings is 1. The Labute approximate surface area is 379 Å². The number of carbonyl (C=O) groups is 6. The minimum Gasteiger partial charge on any atom is -0.481 e. The molecule has 3 rings (SSSR count). The number of anilines is 1. The van der Waals surface area contributed by atoms with E-state index in [1.165, 1.54) is 37.4 Å². The number of rotatable bonds is 24. The van der Waals surface area contributed by atoms with E-state index in [0.29, 0.717) is 35.6 Å². The number of carboxylic acids is 1. The Hall–Kier alpha value is -4.07. The maximum absolute atomic E-state index is 14.3. The van der Waals surface area contributed by atoms with E-state index in [4.69, 9.17) is 9.26 Å². The lowest BCUT2D eigenvalue weighted by atomic mass is 9.92. The Kier molecular flexibility index (Phi) is 21.0. The fourth-order valence-corrected chi connectivity index (χ4v) is 8.90. The summed E-state index contributed by atoms with van der Waals surface area (Å²) >= 11 is 5.19. The number of piperidine rings is 1. The van der Waals surface area contributed by atoms with Gasteiger partial charge in [-0.2, -0.15) is 12.6 Å². The molecule has 4 amide bonds. The molecule has 21 heteroatoms. The van der Waals surface area contributed by atoms with E-state index in [2.05, 4.69) is 33.6 Å². The second-order valence-corrected chi connectivity index (χ2v) is 19.2. The van der Waals surface area contributed by atoms with Gasteiger partial charge in [-0.15, -0.1) is 11.3 Å². The average Bonchev–Trinajstić information content (AvgIpc) is 3.71. The number of phosphoric ester groups is 1. The molecule has 63 heavy (non-hydrogen) atoms. The number of hydrogen-bond donors (Lipinski definition) is 7. The van der Waals surface area contributed by atoms with Gasteiger partial charge in [-0.25, -0.2) is 9.55 Å². The standard InChI is InChI=1S/C42H65N6O12PS2/c1-9-25(4)37(46-39(52)32-13-10-11-17-47(32)7)41(53)48(8)33(24(2)3)22-35(59-27(6)49)40-45-31(23-63-40)38(51)43-29(19-26(5)42(54)55)20-28-15-16-34(60-61(56,57)58)30(21-28)44-36(50)14-12-18-62/h15-16,21,23-26,29,32-33,35,37,62H,9-14,17-20,22H2,1-8H3,(H,43,51)(H,44,50)(H,46,52)(H,54,55)(H2,56,57,58)/t25-,26?,29+,32+,33?,35+,37-/m0/s1. The third-order valence-corrected chi connectivity index (χ3v) is 12.9. The van der Waals surface area contributed by atoms with Gasteiger partial charge in [-0.1, -0.05) is 53.5 Å². The van der Waals surface area contributed by atoms with Crippen LogP contribution in [0.1, 0.15) is 120 Å². The molecule has 1 aliphatic rings. The fraction of sp³-hybridized carbons (Fsp3) is 0.643. The van der Waals surface area contributed by atoms with E-state index in [-0.39, 0.29) is 72.5 Å². The second kappa shape index (κ2) is 24.8. The largest absolute Gasteiger partial charge is 0.524 e. The molecule has 18 nitrogen and oxygen atoms in total. The SMILES string of the molecule is CC[C@H](C)[C@H](NC(=O)[C@H]1CCCCN1C)C(=O)N(C)C(C[C@@H](OC(C)=O)c1nc(C(=O)N[C@@H](Cc2ccc(OP(=O)(O)O)c(NC(=O)CCCS)c2)CC(C)C(=O)O)cs1)C(C)C.